The summed E-state index contributed by atoms with van der Waals surface area (Å²) in [6.45, 7) is 1.90. The monoisotopic (exact) mass is 217 g/mol. The Labute approximate surface area is 91.8 Å². The third kappa shape index (κ3) is 1.78. The van der Waals surface area contributed by atoms with Crippen molar-refractivity contribution in [2.24, 2.45) is 0 Å². The molecule has 0 saturated carbocycles. The van der Waals surface area contributed by atoms with E-state index in [-0.39, 0.29) is 5.56 Å². The fourth-order valence-corrected chi connectivity index (χ4v) is 2.27. The number of carbonyl (C=O) groups is 1. The van der Waals surface area contributed by atoms with Crippen molar-refractivity contribution in [3.8, 4) is 11.1 Å². The van der Waals surface area contributed by atoms with Gasteiger partial charge in [-0.3, -0.25) is 0 Å². The maximum Gasteiger partial charge on any atom is 0.0721 e. The fourth-order valence-electron chi connectivity index (χ4n) is 1.63. The molecular formula is C12H9O2S-. The van der Waals surface area contributed by atoms with E-state index >= 15 is 0 Å². The number of carboxylic acid groups (broad SMARTS) is 1. The fraction of sp³-hybridized carbons (Fsp3) is 0.0833. The van der Waals surface area contributed by atoms with Crippen molar-refractivity contribution < 1.29 is 9.90 Å². The number of carbonyl (C=O) groups excluding carboxylic acids is 1. The van der Waals surface area contributed by atoms with E-state index < -0.39 is 5.97 Å². The van der Waals surface area contributed by atoms with Gasteiger partial charge < -0.3 is 9.90 Å². The Hall–Kier alpha value is -1.61. The van der Waals surface area contributed by atoms with Gasteiger partial charge in [-0.25, -0.2) is 0 Å². The van der Waals surface area contributed by atoms with Crippen LogP contribution in [0.4, 0.5) is 0 Å². The first kappa shape index (κ1) is 9.93. The van der Waals surface area contributed by atoms with E-state index in [1.54, 1.807) is 23.5 Å². The lowest BCUT2D eigenvalue weighted by Crippen LogP contribution is -2.23. The second-order valence-electron chi connectivity index (χ2n) is 3.30. The van der Waals surface area contributed by atoms with Crippen LogP contribution in [0.2, 0.25) is 0 Å². The average Bonchev–Trinajstić information content (AvgIpc) is 2.70. The van der Waals surface area contributed by atoms with E-state index in [9.17, 15) is 9.90 Å². The Bertz CT molecular complexity index is 486. The van der Waals surface area contributed by atoms with Crippen molar-refractivity contribution in [3.05, 3.63) is 46.2 Å². The van der Waals surface area contributed by atoms with Gasteiger partial charge in [-0.1, -0.05) is 18.2 Å². The van der Waals surface area contributed by atoms with E-state index in [4.69, 9.17) is 0 Å². The standard InChI is InChI=1S/C12H10O2S/c1-8-3-2-4-10(12(13)14)11(8)9-5-6-15-7-9/h2-7H,1H3,(H,13,14)/p-1. The van der Waals surface area contributed by atoms with Crippen LogP contribution in [0.15, 0.2) is 35.0 Å². The van der Waals surface area contributed by atoms with Crippen LogP contribution in [0.25, 0.3) is 11.1 Å². The summed E-state index contributed by atoms with van der Waals surface area (Å²) in [7, 11) is 0. The minimum atomic E-state index is -1.13. The van der Waals surface area contributed by atoms with Gasteiger partial charge in [0.1, 0.15) is 0 Å². The molecule has 76 valence electrons. The molecule has 2 nitrogen and oxygen atoms in total. The zero-order valence-corrected chi connectivity index (χ0v) is 9.01. The van der Waals surface area contributed by atoms with Crippen molar-refractivity contribution in [1.29, 1.82) is 0 Å². The number of aryl methyl sites for hydroxylation is 1. The summed E-state index contributed by atoms with van der Waals surface area (Å²) in [5, 5.41) is 14.8. The molecule has 0 spiro atoms. The Morgan fingerprint density at radius 2 is 2.13 bits per heavy atom. The molecular weight excluding hydrogens is 208 g/mol. The predicted molar refractivity (Wildman–Crippen MR) is 58.8 cm³/mol. The molecule has 0 aliphatic rings. The van der Waals surface area contributed by atoms with Gasteiger partial charge in [-0.2, -0.15) is 11.3 Å². The number of thiophene rings is 1. The maximum atomic E-state index is 11.0. The Morgan fingerprint density at radius 3 is 2.73 bits per heavy atom. The molecule has 1 aromatic carbocycles. The Morgan fingerprint density at radius 1 is 1.33 bits per heavy atom. The highest BCUT2D eigenvalue weighted by atomic mass is 32.1. The highest BCUT2D eigenvalue weighted by molar-refractivity contribution is 7.08. The summed E-state index contributed by atoms with van der Waals surface area (Å²) in [4.78, 5) is 11.0. The first-order valence-electron chi connectivity index (χ1n) is 4.53. The first-order valence-corrected chi connectivity index (χ1v) is 5.48. The summed E-state index contributed by atoms with van der Waals surface area (Å²) in [5.41, 5.74) is 2.92. The van der Waals surface area contributed by atoms with Crippen molar-refractivity contribution in [2.45, 2.75) is 6.92 Å². The van der Waals surface area contributed by atoms with E-state index in [0.717, 1.165) is 16.7 Å². The van der Waals surface area contributed by atoms with Gasteiger partial charge in [0, 0.05) is 5.56 Å². The molecule has 0 N–H and O–H groups in total. The van der Waals surface area contributed by atoms with Crippen LogP contribution >= 0.6 is 11.3 Å². The molecule has 1 heterocycles. The molecule has 3 heteroatoms. The number of hydrogen-bond donors (Lipinski definition) is 0. The SMILES string of the molecule is Cc1cccc(C(=O)[O-])c1-c1ccsc1. The molecule has 2 aromatic rings. The number of rotatable bonds is 2. The molecule has 0 aliphatic carbocycles. The summed E-state index contributed by atoms with van der Waals surface area (Å²) in [5.74, 6) is -1.13. The molecule has 0 fully saturated rings. The molecule has 0 unspecified atom stereocenters. The van der Waals surface area contributed by atoms with Crippen LogP contribution in [-0.4, -0.2) is 5.97 Å². The Balaban J connectivity index is 2.68. The largest absolute Gasteiger partial charge is 0.545 e. The summed E-state index contributed by atoms with van der Waals surface area (Å²) in [6.07, 6.45) is 0. The number of benzene rings is 1. The van der Waals surface area contributed by atoms with Crippen molar-refractivity contribution in [3.63, 3.8) is 0 Å². The van der Waals surface area contributed by atoms with Crippen molar-refractivity contribution >= 4 is 17.3 Å². The summed E-state index contributed by atoms with van der Waals surface area (Å²) in [6, 6.07) is 7.13. The van der Waals surface area contributed by atoms with Crippen LogP contribution in [-0.2, 0) is 0 Å². The first-order chi connectivity index (χ1) is 7.20. The van der Waals surface area contributed by atoms with Gasteiger partial charge >= 0.3 is 0 Å². The van der Waals surface area contributed by atoms with E-state index in [1.165, 1.54) is 0 Å². The molecule has 15 heavy (non-hydrogen) atoms. The molecule has 0 saturated heterocycles. The zero-order chi connectivity index (χ0) is 10.8. The van der Waals surface area contributed by atoms with E-state index in [1.807, 2.05) is 29.8 Å². The van der Waals surface area contributed by atoms with Crippen LogP contribution in [0.5, 0.6) is 0 Å². The average molecular weight is 217 g/mol. The topological polar surface area (TPSA) is 40.1 Å². The molecule has 2 rings (SSSR count). The van der Waals surface area contributed by atoms with Gasteiger partial charge in [-0.15, -0.1) is 0 Å². The molecule has 0 aliphatic heterocycles. The van der Waals surface area contributed by atoms with Gasteiger partial charge in [0.2, 0.25) is 0 Å². The minimum absolute atomic E-state index is 0.258. The number of hydrogen-bond acceptors (Lipinski definition) is 3. The second-order valence-corrected chi connectivity index (χ2v) is 4.08. The van der Waals surface area contributed by atoms with Crippen LogP contribution < -0.4 is 5.11 Å². The van der Waals surface area contributed by atoms with E-state index in [0.29, 0.717) is 0 Å². The normalized spacial score (nSPS) is 10.2. The lowest BCUT2D eigenvalue weighted by atomic mass is 9.97. The zero-order valence-electron chi connectivity index (χ0n) is 8.19. The van der Waals surface area contributed by atoms with Gasteiger partial charge in [0.15, 0.2) is 0 Å². The molecule has 0 radical (unpaired) electrons. The Kier molecular flexibility index (Phi) is 2.56. The molecule has 0 bridgehead atoms. The highest BCUT2D eigenvalue weighted by Crippen LogP contribution is 2.28. The van der Waals surface area contributed by atoms with Crippen LogP contribution in [0, 0.1) is 6.92 Å². The smallest absolute Gasteiger partial charge is 0.0721 e. The van der Waals surface area contributed by atoms with Gasteiger partial charge in [0.05, 0.1) is 5.97 Å². The van der Waals surface area contributed by atoms with Gasteiger partial charge in [-0.05, 0) is 40.4 Å². The molecule has 0 amide bonds. The van der Waals surface area contributed by atoms with Gasteiger partial charge in [0.25, 0.3) is 0 Å². The maximum absolute atomic E-state index is 11.0. The van der Waals surface area contributed by atoms with E-state index in [2.05, 4.69) is 0 Å². The third-order valence-electron chi connectivity index (χ3n) is 2.30. The van der Waals surface area contributed by atoms with Crippen LogP contribution in [0.3, 0.4) is 0 Å². The molecule has 0 atom stereocenters. The summed E-state index contributed by atoms with van der Waals surface area (Å²) >= 11 is 1.55. The lowest BCUT2D eigenvalue weighted by Gasteiger charge is -2.11. The summed E-state index contributed by atoms with van der Waals surface area (Å²) < 4.78 is 0. The highest BCUT2D eigenvalue weighted by Gasteiger charge is 2.08. The quantitative estimate of drug-likeness (QED) is 0.772. The predicted octanol–water partition coefficient (Wildman–Crippen LogP) is 2.09. The number of carboxylic acids is 1. The molecule has 1 aromatic heterocycles. The van der Waals surface area contributed by atoms with Crippen molar-refractivity contribution in [2.75, 3.05) is 0 Å². The second kappa shape index (κ2) is 3.87. The van der Waals surface area contributed by atoms with Crippen LogP contribution in [0.1, 0.15) is 15.9 Å². The minimum Gasteiger partial charge on any atom is -0.545 e. The lowest BCUT2D eigenvalue weighted by molar-refractivity contribution is -0.254. The van der Waals surface area contributed by atoms with Crippen molar-refractivity contribution in [1.82, 2.24) is 0 Å². The third-order valence-corrected chi connectivity index (χ3v) is 2.99. The number of aromatic carboxylic acids is 1.